The third-order valence-electron chi connectivity index (χ3n) is 5.85. The van der Waals surface area contributed by atoms with Crippen molar-refractivity contribution in [2.75, 3.05) is 4.90 Å². The second-order valence-electron chi connectivity index (χ2n) is 7.66. The zero-order chi connectivity index (χ0) is 20.3. The van der Waals surface area contributed by atoms with Crippen LogP contribution in [0.3, 0.4) is 0 Å². The number of primary amides is 1. The number of carbonyl (C=O) groups excluding carboxylic acids is 1. The van der Waals surface area contributed by atoms with Crippen LogP contribution >= 0.6 is 23.2 Å². The fourth-order valence-electron chi connectivity index (χ4n) is 4.64. The van der Waals surface area contributed by atoms with E-state index in [-0.39, 0.29) is 23.8 Å². The highest BCUT2D eigenvalue weighted by Crippen LogP contribution is 2.40. The lowest BCUT2D eigenvalue weighted by molar-refractivity contribution is 0.0997. The smallest absolute Gasteiger partial charge is 0.268 e. The molecule has 0 aliphatic carbocycles. The number of hydrogen-bond acceptors (Lipinski definition) is 6. The van der Waals surface area contributed by atoms with Gasteiger partial charge >= 0.3 is 0 Å². The van der Waals surface area contributed by atoms with Gasteiger partial charge in [-0.2, -0.15) is 10.1 Å². The van der Waals surface area contributed by atoms with Gasteiger partial charge in [0, 0.05) is 23.7 Å². The molecule has 2 aliphatic rings. The zero-order valence-electron chi connectivity index (χ0n) is 15.4. The first kappa shape index (κ1) is 18.6. The number of H-pyrrole nitrogens is 1. The SMILES string of the molecule is NC(=O)c1nc(N2[C@@H]3CC[C@H]2C[C@@H](N)C3)nc2[nH]nc(-c3cccc(Cl)c3Cl)c12. The Kier molecular flexibility index (Phi) is 4.38. The molecule has 0 saturated carbocycles. The van der Waals surface area contributed by atoms with Gasteiger partial charge in [-0.15, -0.1) is 0 Å². The Morgan fingerprint density at radius 2 is 1.90 bits per heavy atom. The number of nitrogens with one attached hydrogen (secondary N) is 1. The van der Waals surface area contributed by atoms with Crippen molar-refractivity contribution in [2.24, 2.45) is 11.5 Å². The van der Waals surface area contributed by atoms with Crippen LogP contribution in [-0.4, -0.2) is 44.2 Å². The summed E-state index contributed by atoms with van der Waals surface area (Å²) in [6, 6.07) is 5.94. The lowest BCUT2D eigenvalue weighted by Crippen LogP contribution is -2.48. The van der Waals surface area contributed by atoms with Gasteiger partial charge in [0.1, 0.15) is 11.4 Å². The largest absolute Gasteiger partial charge is 0.364 e. The molecular weight excluding hydrogens is 413 g/mol. The lowest BCUT2D eigenvalue weighted by Gasteiger charge is -2.37. The van der Waals surface area contributed by atoms with Crippen molar-refractivity contribution >= 4 is 46.1 Å². The van der Waals surface area contributed by atoms with Gasteiger partial charge in [0.05, 0.1) is 15.4 Å². The van der Waals surface area contributed by atoms with Gasteiger partial charge in [0.2, 0.25) is 5.95 Å². The van der Waals surface area contributed by atoms with Crippen LogP contribution in [-0.2, 0) is 0 Å². The average Bonchev–Trinajstić information content (AvgIpc) is 3.22. The average molecular weight is 432 g/mol. The summed E-state index contributed by atoms with van der Waals surface area (Å²) in [5.74, 6) is -0.168. The number of carbonyl (C=O) groups is 1. The van der Waals surface area contributed by atoms with E-state index < -0.39 is 5.91 Å². The molecule has 2 aliphatic heterocycles. The number of fused-ring (bicyclic) bond motifs is 3. The fourth-order valence-corrected chi connectivity index (χ4v) is 5.03. The summed E-state index contributed by atoms with van der Waals surface area (Å²) in [7, 11) is 0. The van der Waals surface area contributed by atoms with Crippen molar-refractivity contribution in [1.29, 1.82) is 0 Å². The predicted molar refractivity (Wildman–Crippen MR) is 112 cm³/mol. The van der Waals surface area contributed by atoms with Gasteiger partial charge in [-0.25, -0.2) is 4.98 Å². The molecule has 150 valence electrons. The second-order valence-corrected chi connectivity index (χ2v) is 8.44. The van der Waals surface area contributed by atoms with Crippen LogP contribution in [0.5, 0.6) is 0 Å². The lowest BCUT2D eigenvalue weighted by atomic mass is 9.98. The molecule has 10 heteroatoms. The molecule has 3 atom stereocenters. The van der Waals surface area contributed by atoms with E-state index in [4.69, 9.17) is 34.7 Å². The number of amides is 1. The first-order chi connectivity index (χ1) is 13.9. The maximum atomic E-state index is 12.3. The van der Waals surface area contributed by atoms with Crippen molar-refractivity contribution in [3.8, 4) is 11.3 Å². The molecule has 0 unspecified atom stereocenters. The Morgan fingerprint density at radius 3 is 2.59 bits per heavy atom. The Bertz CT molecular complexity index is 1120. The molecule has 5 N–H and O–H groups in total. The quantitative estimate of drug-likeness (QED) is 0.584. The zero-order valence-corrected chi connectivity index (χ0v) is 16.9. The van der Waals surface area contributed by atoms with E-state index in [1.807, 2.05) is 0 Å². The Balaban J connectivity index is 1.68. The summed E-state index contributed by atoms with van der Waals surface area (Å²) in [5.41, 5.74) is 13.4. The normalized spacial score (nSPS) is 23.7. The predicted octanol–water partition coefficient (Wildman–Crippen LogP) is 2.88. The van der Waals surface area contributed by atoms with Gasteiger partial charge in [-0.3, -0.25) is 9.89 Å². The monoisotopic (exact) mass is 431 g/mol. The Labute approximate surface area is 176 Å². The minimum atomic E-state index is -0.652. The molecule has 2 aromatic heterocycles. The van der Waals surface area contributed by atoms with Crippen LogP contribution in [0.25, 0.3) is 22.3 Å². The molecule has 1 amide bonds. The number of hydrogen-bond donors (Lipinski definition) is 3. The number of piperidine rings is 1. The summed E-state index contributed by atoms with van der Waals surface area (Å²) >= 11 is 12.5. The van der Waals surface area contributed by atoms with E-state index in [1.165, 1.54) is 0 Å². The van der Waals surface area contributed by atoms with Crippen molar-refractivity contribution in [3.05, 3.63) is 33.9 Å². The number of aromatic nitrogens is 4. The van der Waals surface area contributed by atoms with Gasteiger partial charge in [0.15, 0.2) is 5.65 Å². The van der Waals surface area contributed by atoms with E-state index in [0.717, 1.165) is 25.7 Å². The maximum absolute atomic E-state index is 12.3. The van der Waals surface area contributed by atoms with Gasteiger partial charge in [-0.05, 0) is 31.7 Å². The minimum Gasteiger partial charge on any atom is -0.364 e. The molecule has 0 spiro atoms. The molecule has 8 nitrogen and oxygen atoms in total. The van der Waals surface area contributed by atoms with Crippen molar-refractivity contribution < 1.29 is 4.79 Å². The van der Waals surface area contributed by atoms with Crippen molar-refractivity contribution in [1.82, 2.24) is 20.2 Å². The summed E-state index contributed by atoms with van der Waals surface area (Å²) in [5, 5.41) is 8.41. The molecule has 3 aromatic rings. The number of halogens is 2. The van der Waals surface area contributed by atoms with E-state index in [2.05, 4.69) is 25.1 Å². The van der Waals surface area contributed by atoms with Crippen LogP contribution < -0.4 is 16.4 Å². The van der Waals surface area contributed by atoms with Gasteiger partial charge in [0.25, 0.3) is 5.91 Å². The number of nitrogens with two attached hydrogens (primary N) is 2. The third kappa shape index (κ3) is 2.94. The molecule has 5 rings (SSSR count). The maximum Gasteiger partial charge on any atom is 0.268 e. The molecule has 29 heavy (non-hydrogen) atoms. The Hall–Kier alpha value is -2.42. The topological polar surface area (TPSA) is 127 Å². The summed E-state index contributed by atoms with van der Waals surface area (Å²) < 4.78 is 0. The van der Waals surface area contributed by atoms with Crippen molar-refractivity contribution in [2.45, 2.75) is 43.8 Å². The highest BCUT2D eigenvalue weighted by atomic mass is 35.5. The van der Waals surface area contributed by atoms with Gasteiger partial charge < -0.3 is 16.4 Å². The van der Waals surface area contributed by atoms with Crippen LogP contribution in [0.4, 0.5) is 5.95 Å². The first-order valence-electron chi connectivity index (χ1n) is 9.48. The molecule has 0 radical (unpaired) electrons. The molecule has 4 heterocycles. The highest BCUT2D eigenvalue weighted by Gasteiger charge is 2.41. The number of benzene rings is 1. The number of nitrogens with zero attached hydrogens (tertiary/aromatic N) is 4. The molecule has 1 aromatic carbocycles. The van der Waals surface area contributed by atoms with Crippen molar-refractivity contribution in [3.63, 3.8) is 0 Å². The summed E-state index contributed by atoms with van der Waals surface area (Å²) in [6.07, 6.45) is 3.85. The van der Waals surface area contributed by atoms with E-state index in [1.54, 1.807) is 18.2 Å². The second kappa shape index (κ2) is 6.83. The molecule has 2 saturated heterocycles. The highest BCUT2D eigenvalue weighted by molar-refractivity contribution is 6.43. The summed E-state index contributed by atoms with van der Waals surface area (Å²) in [4.78, 5) is 23.7. The standard InChI is InChI=1S/C19H19Cl2N7O/c20-12-3-1-2-11(14(12)21)15-13-16(17(23)29)24-19(25-18(13)27-26-15)28-9-4-5-10(28)7-8(22)6-9/h1-3,8-10H,4-7,22H2,(H2,23,29)(H,24,25,26,27)/t8-,9+,10-. The van der Waals surface area contributed by atoms with Crippen LogP contribution in [0.15, 0.2) is 18.2 Å². The fraction of sp³-hybridized carbons (Fsp3) is 0.368. The molecule has 2 fully saturated rings. The Morgan fingerprint density at radius 1 is 1.17 bits per heavy atom. The third-order valence-corrected chi connectivity index (χ3v) is 6.67. The summed E-state index contributed by atoms with van der Waals surface area (Å²) in [6.45, 7) is 0. The van der Waals surface area contributed by atoms with E-state index in [9.17, 15) is 4.79 Å². The number of anilines is 1. The number of aromatic amines is 1. The van der Waals surface area contributed by atoms with Gasteiger partial charge in [-0.1, -0.05) is 35.3 Å². The minimum absolute atomic E-state index is 0.110. The molecular formula is C19H19Cl2N7O. The van der Waals surface area contributed by atoms with E-state index in [0.29, 0.717) is 38.3 Å². The molecule has 2 bridgehead atoms. The van der Waals surface area contributed by atoms with Crippen LogP contribution in [0, 0.1) is 0 Å². The van der Waals surface area contributed by atoms with Crippen LogP contribution in [0.2, 0.25) is 10.0 Å². The first-order valence-corrected chi connectivity index (χ1v) is 10.2. The number of rotatable bonds is 3. The van der Waals surface area contributed by atoms with E-state index >= 15 is 0 Å². The van der Waals surface area contributed by atoms with Crippen LogP contribution in [0.1, 0.15) is 36.2 Å².